The Balaban J connectivity index is 1.14. The second-order valence-corrected chi connectivity index (χ2v) is 14.4. The van der Waals surface area contributed by atoms with Gasteiger partial charge in [-0.25, -0.2) is 4.98 Å². The molecular weight excluding hydrogens is 667 g/mol. The molecule has 0 spiro atoms. The zero-order valence-electron chi connectivity index (χ0n) is 30.6. The van der Waals surface area contributed by atoms with E-state index in [-0.39, 0.29) is 0 Å². The van der Waals surface area contributed by atoms with E-state index >= 15 is 0 Å². The molecule has 0 amide bonds. The van der Waals surface area contributed by atoms with Crippen LogP contribution in [0.3, 0.4) is 0 Å². The normalized spacial score (nSPS) is 12.5. The molecule has 2 heteroatoms. The Morgan fingerprint density at radius 2 is 1.02 bits per heavy atom. The first kappa shape index (κ1) is 32.6. The molecule has 1 aliphatic rings. The van der Waals surface area contributed by atoms with Crippen LogP contribution in [-0.2, 0) is 6.42 Å². The van der Waals surface area contributed by atoms with Gasteiger partial charge in [0.15, 0.2) is 0 Å². The number of fused-ring (bicyclic) bond motifs is 4. The van der Waals surface area contributed by atoms with Crippen molar-refractivity contribution in [1.82, 2.24) is 4.98 Å². The summed E-state index contributed by atoms with van der Waals surface area (Å²) in [4.78, 5) is 5.48. The number of hydrogen-bond acceptors (Lipinski definition) is 2. The maximum atomic E-state index is 6.66. The van der Waals surface area contributed by atoms with Crippen LogP contribution in [0, 0.1) is 6.92 Å². The maximum Gasteiger partial charge on any atom is 0.134 e. The van der Waals surface area contributed by atoms with Gasteiger partial charge in [0, 0.05) is 28.5 Å². The number of allylic oxidation sites excluding steroid dienone is 2. The summed E-state index contributed by atoms with van der Waals surface area (Å²) in [5.41, 5.74) is 17.6. The molecule has 0 atom stereocenters. The molecule has 9 aromatic rings. The average molecular weight is 704 g/mol. The molecule has 0 bridgehead atoms. The van der Waals surface area contributed by atoms with E-state index in [0.29, 0.717) is 6.42 Å². The third kappa shape index (κ3) is 5.80. The van der Waals surface area contributed by atoms with Gasteiger partial charge in [-0.15, -0.1) is 0 Å². The molecule has 0 saturated carbocycles. The molecule has 7 aromatic carbocycles. The smallest absolute Gasteiger partial charge is 0.134 e. The highest BCUT2D eigenvalue weighted by atomic mass is 16.3. The molecule has 10 rings (SSSR count). The molecule has 2 heterocycles. The van der Waals surface area contributed by atoms with Crippen LogP contribution in [0.25, 0.3) is 83.1 Å². The molecule has 2 aromatic heterocycles. The Kier molecular flexibility index (Phi) is 7.96. The van der Waals surface area contributed by atoms with Crippen molar-refractivity contribution < 1.29 is 4.42 Å². The Bertz CT molecular complexity index is 2930. The Morgan fingerprint density at radius 3 is 1.67 bits per heavy atom. The standard InChI is InChI=1S/C53H37NO/c1-34-30-48(53-35(2)46(39-18-10-5-11-19-39)33-49(54-53)40-24-22-37(23-25-40)36-14-6-3-7-15-36)52-47-32-41(26-29-50(47)55-51(52)31-34)43-28-27-42(38-16-8-4-9-17-38)44-20-12-13-21-45(43)44/h3-30,32-33H,1,31H2,2H3. The lowest BCUT2D eigenvalue weighted by Gasteiger charge is -2.20. The van der Waals surface area contributed by atoms with Gasteiger partial charge >= 0.3 is 0 Å². The van der Waals surface area contributed by atoms with E-state index in [2.05, 4.69) is 196 Å². The third-order valence-electron chi connectivity index (χ3n) is 11.0. The summed E-state index contributed by atoms with van der Waals surface area (Å²) in [5.74, 6) is 0.930. The van der Waals surface area contributed by atoms with Gasteiger partial charge in [0.05, 0.1) is 11.4 Å². The van der Waals surface area contributed by atoms with E-state index in [9.17, 15) is 0 Å². The van der Waals surface area contributed by atoms with Crippen molar-refractivity contribution in [2.75, 3.05) is 0 Å². The van der Waals surface area contributed by atoms with E-state index in [0.717, 1.165) is 72.6 Å². The third-order valence-corrected chi connectivity index (χ3v) is 11.0. The monoisotopic (exact) mass is 703 g/mol. The number of hydrogen-bond donors (Lipinski definition) is 0. The first-order valence-electron chi connectivity index (χ1n) is 18.9. The summed E-state index contributed by atoms with van der Waals surface area (Å²) in [6.45, 7) is 6.65. The Hall–Kier alpha value is -7.03. The molecule has 1 aliphatic carbocycles. The average Bonchev–Trinajstić information content (AvgIpc) is 3.61. The number of aromatic nitrogens is 1. The van der Waals surface area contributed by atoms with E-state index < -0.39 is 0 Å². The topological polar surface area (TPSA) is 26.0 Å². The molecule has 2 nitrogen and oxygen atoms in total. The molecule has 0 radical (unpaired) electrons. The predicted molar refractivity (Wildman–Crippen MR) is 230 cm³/mol. The maximum absolute atomic E-state index is 6.66. The molecular formula is C53H37NO. The van der Waals surface area contributed by atoms with Gasteiger partial charge in [-0.2, -0.15) is 0 Å². The van der Waals surface area contributed by atoms with Gasteiger partial charge in [0.2, 0.25) is 0 Å². The zero-order chi connectivity index (χ0) is 36.9. The zero-order valence-corrected chi connectivity index (χ0v) is 30.6. The summed E-state index contributed by atoms with van der Waals surface area (Å²) in [7, 11) is 0. The van der Waals surface area contributed by atoms with Crippen LogP contribution in [0.4, 0.5) is 0 Å². The van der Waals surface area contributed by atoms with Gasteiger partial charge < -0.3 is 4.42 Å². The highest BCUT2D eigenvalue weighted by Gasteiger charge is 2.27. The molecule has 55 heavy (non-hydrogen) atoms. The van der Waals surface area contributed by atoms with Crippen LogP contribution in [-0.4, -0.2) is 4.98 Å². The van der Waals surface area contributed by atoms with Crippen LogP contribution in [0.2, 0.25) is 0 Å². The minimum Gasteiger partial charge on any atom is -0.460 e. The first-order chi connectivity index (χ1) is 27.1. The van der Waals surface area contributed by atoms with Gasteiger partial charge in [-0.3, -0.25) is 0 Å². The minimum atomic E-state index is 0.656. The number of pyridine rings is 1. The summed E-state index contributed by atoms with van der Waals surface area (Å²) in [6.07, 6.45) is 2.88. The lowest BCUT2D eigenvalue weighted by Crippen LogP contribution is -2.05. The summed E-state index contributed by atoms with van der Waals surface area (Å²) in [6, 6.07) is 62.6. The number of rotatable bonds is 6. The lowest BCUT2D eigenvalue weighted by molar-refractivity contribution is 0.560. The van der Waals surface area contributed by atoms with Crippen molar-refractivity contribution in [3.8, 4) is 55.8 Å². The minimum absolute atomic E-state index is 0.656. The van der Waals surface area contributed by atoms with Crippen LogP contribution in [0.15, 0.2) is 199 Å². The molecule has 0 saturated heterocycles. The van der Waals surface area contributed by atoms with Gasteiger partial charge in [-0.05, 0) is 97.6 Å². The molecule has 0 N–H and O–H groups in total. The molecule has 0 fully saturated rings. The van der Waals surface area contributed by atoms with E-state index in [1.54, 1.807) is 0 Å². The lowest BCUT2D eigenvalue weighted by atomic mass is 9.85. The summed E-state index contributed by atoms with van der Waals surface area (Å²) < 4.78 is 6.66. The first-order valence-corrected chi connectivity index (χ1v) is 18.9. The number of furan rings is 1. The molecule has 0 aliphatic heterocycles. The largest absolute Gasteiger partial charge is 0.460 e. The van der Waals surface area contributed by atoms with Crippen molar-refractivity contribution in [1.29, 1.82) is 0 Å². The van der Waals surface area contributed by atoms with Crippen molar-refractivity contribution in [2.45, 2.75) is 13.3 Å². The van der Waals surface area contributed by atoms with Crippen molar-refractivity contribution >= 4 is 27.3 Å². The Labute approximate surface area is 321 Å². The second-order valence-electron chi connectivity index (χ2n) is 14.4. The predicted octanol–water partition coefficient (Wildman–Crippen LogP) is 14.2. The molecule has 0 unspecified atom stereocenters. The fourth-order valence-electron chi connectivity index (χ4n) is 8.28. The number of nitrogens with zero attached hydrogens (tertiary/aromatic N) is 1. The van der Waals surface area contributed by atoms with Crippen molar-refractivity contribution in [3.05, 3.63) is 217 Å². The van der Waals surface area contributed by atoms with Crippen molar-refractivity contribution in [3.63, 3.8) is 0 Å². The van der Waals surface area contributed by atoms with Crippen LogP contribution >= 0.6 is 0 Å². The van der Waals surface area contributed by atoms with Crippen molar-refractivity contribution in [2.24, 2.45) is 0 Å². The molecule has 260 valence electrons. The van der Waals surface area contributed by atoms with Crippen LogP contribution < -0.4 is 0 Å². The highest BCUT2D eigenvalue weighted by molar-refractivity contribution is 6.07. The second kappa shape index (κ2) is 13.4. The Morgan fingerprint density at radius 1 is 0.491 bits per heavy atom. The van der Waals surface area contributed by atoms with Gasteiger partial charge in [-0.1, -0.05) is 164 Å². The summed E-state index contributed by atoms with van der Waals surface area (Å²) >= 11 is 0. The van der Waals surface area contributed by atoms with Crippen LogP contribution in [0.5, 0.6) is 0 Å². The SMILES string of the molecule is C=C1C=C(c2nc(-c3ccc(-c4ccccc4)cc3)cc(-c3ccccc3)c2C)c2c(oc3ccc(-c4ccc(-c5ccccc5)c5ccccc45)cc23)C1. The van der Waals surface area contributed by atoms with Gasteiger partial charge in [0.1, 0.15) is 11.3 Å². The van der Waals surface area contributed by atoms with Gasteiger partial charge in [0.25, 0.3) is 0 Å². The van der Waals surface area contributed by atoms with E-state index in [1.807, 2.05) is 0 Å². The van der Waals surface area contributed by atoms with E-state index in [4.69, 9.17) is 9.40 Å². The van der Waals surface area contributed by atoms with E-state index in [1.165, 1.54) is 38.6 Å². The van der Waals surface area contributed by atoms with Crippen LogP contribution in [0.1, 0.15) is 22.6 Å². The fraction of sp³-hybridized carbons (Fsp3) is 0.0377. The quantitative estimate of drug-likeness (QED) is 0.172. The number of benzene rings is 7. The highest BCUT2D eigenvalue weighted by Crippen LogP contribution is 2.45. The fourth-order valence-corrected chi connectivity index (χ4v) is 8.28. The summed E-state index contributed by atoms with van der Waals surface area (Å²) in [5, 5.41) is 3.54.